The molecule has 1 aliphatic rings. The predicted octanol–water partition coefficient (Wildman–Crippen LogP) is 2.00. The summed E-state index contributed by atoms with van der Waals surface area (Å²) in [6.07, 6.45) is 5.98. The Hall–Kier alpha value is -1.25. The highest BCUT2D eigenvalue weighted by Crippen LogP contribution is 2.29. The predicted molar refractivity (Wildman–Crippen MR) is 85.2 cm³/mol. The minimum Gasteiger partial charge on any atom is -0.253 e. The second kappa shape index (κ2) is 6.47. The van der Waals surface area contributed by atoms with Gasteiger partial charge in [0, 0.05) is 24.5 Å². The summed E-state index contributed by atoms with van der Waals surface area (Å²) >= 11 is 1.38. The molecule has 0 saturated carbocycles. The van der Waals surface area contributed by atoms with Gasteiger partial charge in [-0.25, -0.2) is 13.4 Å². The van der Waals surface area contributed by atoms with Crippen molar-refractivity contribution < 1.29 is 8.42 Å². The average Bonchev–Trinajstić information content (AvgIpc) is 3.18. The van der Waals surface area contributed by atoms with Gasteiger partial charge in [-0.3, -0.25) is 4.68 Å². The quantitative estimate of drug-likeness (QED) is 0.835. The van der Waals surface area contributed by atoms with E-state index in [2.05, 4.69) is 10.1 Å². The van der Waals surface area contributed by atoms with Gasteiger partial charge in [-0.15, -0.1) is 11.3 Å². The molecule has 3 rings (SSSR count). The lowest BCUT2D eigenvalue weighted by Gasteiger charge is -2.31. The Bertz CT molecular complexity index is 709. The molecule has 3 heterocycles. The van der Waals surface area contributed by atoms with Crippen LogP contribution in [0.3, 0.4) is 0 Å². The summed E-state index contributed by atoms with van der Waals surface area (Å²) in [4.78, 5) is 5.04. The highest BCUT2D eigenvalue weighted by molar-refractivity contribution is 7.91. The van der Waals surface area contributed by atoms with Crippen molar-refractivity contribution in [1.29, 1.82) is 0 Å². The first kappa shape index (κ1) is 15.6. The summed E-state index contributed by atoms with van der Waals surface area (Å²) in [5, 5.41) is 4.11. The molecule has 0 radical (unpaired) electrons. The molecule has 0 aromatic carbocycles. The molecule has 0 bridgehead atoms. The lowest BCUT2D eigenvalue weighted by molar-refractivity contribution is 0.240. The fraction of sp³-hybridized carbons (Fsp3) is 0.571. The van der Waals surface area contributed by atoms with Crippen molar-refractivity contribution in [3.8, 4) is 0 Å². The first-order valence-corrected chi connectivity index (χ1v) is 9.76. The number of thiophene rings is 1. The van der Waals surface area contributed by atoms with Crippen LogP contribution in [0.1, 0.15) is 24.6 Å². The van der Waals surface area contributed by atoms with Gasteiger partial charge in [0.1, 0.15) is 16.9 Å². The number of hydrogen-bond acceptors (Lipinski definition) is 5. The molecule has 1 saturated heterocycles. The Kier molecular flexibility index (Phi) is 4.60. The Morgan fingerprint density at radius 1 is 1.41 bits per heavy atom. The van der Waals surface area contributed by atoms with Gasteiger partial charge in [-0.05, 0) is 37.3 Å². The zero-order chi connectivity index (χ0) is 15.6. The van der Waals surface area contributed by atoms with E-state index in [4.69, 9.17) is 0 Å². The van der Waals surface area contributed by atoms with Crippen molar-refractivity contribution >= 4 is 21.4 Å². The highest BCUT2D eigenvalue weighted by Gasteiger charge is 2.31. The first-order valence-electron chi connectivity index (χ1n) is 7.51. The molecular formula is C14H20N4O2S2. The summed E-state index contributed by atoms with van der Waals surface area (Å²) in [5.74, 6) is 0.288. The topological polar surface area (TPSA) is 68.1 Å². The molecule has 0 amide bonds. The molecule has 8 heteroatoms. The molecule has 0 aliphatic carbocycles. The van der Waals surface area contributed by atoms with Crippen molar-refractivity contribution in [2.45, 2.75) is 36.9 Å². The third kappa shape index (κ3) is 3.23. The zero-order valence-electron chi connectivity index (χ0n) is 12.6. The molecule has 0 N–H and O–H groups in total. The van der Waals surface area contributed by atoms with Crippen LogP contribution < -0.4 is 0 Å². The summed E-state index contributed by atoms with van der Waals surface area (Å²) in [7, 11) is -3.36. The fourth-order valence-electron chi connectivity index (χ4n) is 2.80. The molecule has 2 aromatic heterocycles. The smallest absolute Gasteiger partial charge is 0.252 e. The third-order valence-corrected chi connectivity index (χ3v) is 7.54. The van der Waals surface area contributed by atoms with Crippen LogP contribution in [-0.2, 0) is 23.0 Å². The molecule has 0 spiro atoms. The molecule has 22 heavy (non-hydrogen) atoms. The van der Waals surface area contributed by atoms with E-state index in [1.807, 2.05) is 13.0 Å². The minimum absolute atomic E-state index is 0.288. The zero-order valence-corrected chi connectivity index (χ0v) is 14.2. The Balaban J connectivity index is 1.73. The van der Waals surface area contributed by atoms with Gasteiger partial charge in [0.15, 0.2) is 0 Å². The van der Waals surface area contributed by atoms with Crippen LogP contribution in [0.4, 0.5) is 0 Å². The monoisotopic (exact) mass is 340 g/mol. The maximum atomic E-state index is 12.8. The minimum atomic E-state index is -3.36. The standard InChI is InChI=1S/C14H20N4O2S2/c1-2-13-5-6-14(21-13)22(19,20)18-7-3-4-12(9-18)8-17-11-15-10-16-17/h5-6,10-12H,2-4,7-9H2,1H3/t12-/m0/s1. The Labute approximate surface area is 134 Å². The SMILES string of the molecule is CCc1ccc(S(=O)(=O)N2CCC[C@@H](Cn3cncn3)C2)s1. The lowest BCUT2D eigenvalue weighted by atomic mass is 10.00. The van der Waals surface area contributed by atoms with E-state index in [1.54, 1.807) is 21.4 Å². The van der Waals surface area contributed by atoms with Crippen molar-refractivity contribution in [3.05, 3.63) is 29.7 Å². The third-order valence-electron chi connectivity index (χ3n) is 3.97. The number of piperidine rings is 1. The van der Waals surface area contributed by atoms with E-state index < -0.39 is 10.0 Å². The van der Waals surface area contributed by atoms with Crippen LogP contribution in [0.5, 0.6) is 0 Å². The molecular weight excluding hydrogens is 320 g/mol. The Morgan fingerprint density at radius 3 is 2.95 bits per heavy atom. The average molecular weight is 340 g/mol. The van der Waals surface area contributed by atoms with E-state index in [1.165, 1.54) is 17.7 Å². The second-order valence-corrected chi connectivity index (χ2v) is 8.90. The normalized spacial score (nSPS) is 20.3. The summed E-state index contributed by atoms with van der Waals surface area (Å²) in [5.41, 5.74) is 0. The van der Waals surface area contributed by atoms with Gasteiger partial charge < -0.3 is 0 Å². The number of aryl methyl sites for hydroxylation is 1. The van der Waals surface area contributed by atoms with E-state index in [9.17, 15) is 8.42 Å². The van der Waals surface area contributed by atoms with Crippen LogP contribution >= 0.6 is 11.3 Å². The van der Waals surface area contributed by atoms with Crippen LogP contribution in [-0.4, -0.2) is 40.6 Å². The molecule has 6 nitrogen and oxygen atoms in total. The molecule has 1 aliphatic heterocycles. The van der Waals surface area contributed by atoms with Gasteiger partial charge >= 0.3 is 0 Å². The van der Waals surface area contributed by atoms with Crippen molar-refractivity contribution in [3.63, 3.8) is 0 Å². The first-order chi connectivity index (χ1) is 10.6. The summed E-state index contributed by atoms with van der Waals surface area (Å²) < 4.78 is 29.4. The number of nitrogens with zero attached hydrogens (tertiary/aromatic N) is 4. The van der Waals surface area contributed by atoms with Crippen molar-refractivity contribution in [1.82, 2.24) is 19.1 Å². The number of rotatable bonds is 5. The van der Waals surface area contributed by atoms with Gasteiger partial charge in [0.25, 0.3) is 10.0 Å². The maximum absolute atomic E-state index is 12.8. The van der Waals surface area contributed by atoms with E-state index >= 15 is 0 Å². The van der Waals surface area contributed by atoms with Gasteiger partial charge in [-0.2, -0.15) is 9.40 Å². The van der Waals surface area contributed by atoms with Crippen LogP contribution in [0, 0.1) is 5.92 Å². The maximum Gasteiger partial charge on any atom is 0.252 e. The van der Waals surface area contributed by atoms with E-state index in [-0.39, 0.29) is 5.92 Å². The molecule has 1 atom stereocenters. The van der Waals surface area contributed by atoms with Crippen LogP contribution in [0.2, 0.25) is 0 Å². The van der Waals surface area contributed by atoms with Gasteiger partial charge in [0.2, 0.25) is 0 Å². The molecule has 1 fully saturated rings. The van der Waals surface area contributed by atoms with E-state index in [0.717, 1.165) is 30.7 Å². The fourth-order valence-corrected chi connectivity index (χ4v) is 5.80. The second-order valence-electron chi connectivity index (χ2n) is 5.56. The molecule has 2 aromatic rings. The number of hydrogen-bond donors (Lipinski definition) is 0. The largest absolute Gasteiger partial charge is 0.253 e. The number of sulfonamides is 1. The summed E-state index contributed by atoms with van der Waals surface area (Å²) in [6, 6.07) is 3.65. The Morgan fingerprint density at radius 2 is 2.27 bits per heavy atom. The lowest BCUT2D eigenvalue weighted by Crippen LogP contribution is -2.40. The van der Waals surface area contributed by atoms with Crippen molar-refractivity contribution in [2.24, 2.45) is 5.92 Å². The van der Waals surface area contributed by atoms with Gasteiger partial charge in [0.05, 0.1) is 0 Å². The molecule has 120 valence electrons. The van der Waals surface area contributed by atoms with E-state index in [0.29, 0.717) is 17.3 Å². The number of aromatic nitrogens is 3. The molecule has 0 unspecified atom stereocenters. The summed E-state index contributed by atoms with van der Waals surface area (Å²) in [6.45, 7) is 3.92. The highest BCUT2D eigenvalue weighted by atomic mass is 32.2. The van der Waals surface area contributed by atoms with Gasteiger partial charge in [-0.1, -0.05) is 6.92 Å². The van der Waals surface area contributed by atoms with Crippen molar-refractivity contribution in [2.75, 3.05) is 13.1 Å². The van der Waals surface area contributed by atoms with Crippen LogP contribution in [0.25, 0.3) is 0 Å². The van der Waals surface area contributed by atoms with Crippen LogP contribution in [0.15, 0.2) is 29.0 Å².